The Morgan fingerprint density at radius 2 is 1.78 bits per heavy atom. The number of nitrogens with zero attached hydrogens (tertiary/aromatic N) is 1. The van der Waals surface area contributed by atoms with E-state index in [0.29, 0.717) is 12.8 Å². The molecule has 27 heavy (non-hydrogen) atoms. The minimum Gasteiger partial charge on any atom is -0.361 e. The summed E-state index contributed by atoms with van der Waals surface area (Å²) in [4.78, 5) is 29.4. The molecule has 0 bridgehead atoms. The number of anilines is 1. The van der Waals surface area contributed by atoms with Crippen molar-refractivity contribution in [1.82, 2.24) is 9.88 Å². The van der Waals surface area contributed by atoms with Crippen molar-refractivity contribution in [2.45, 2.75) is 26.2 Å². The van der Waals surface area contributed by atoms with Gasteiger partial charge in [-0.25, -0.2) is 0 Å². The Hall–Kier alpha value is -3.08. The van der Waals surface area contributed by atoms with Gasteiger partial charge in [-0.1, -0.05) is 43.3 Å². The van der Waals surface area contributed by atoms with Gasteiger partial charge in [0.1, 0.15) is 0 Å². The van der Waals surface area contributed by atoms with E-state index in [4.69, 9.17) is 0 Å². The standard InChI is InChI=1S/C22H25N3O2/c1-3-16-8-4-6-10-19(16)24-21(26)15-25(2)22(27)13-12-17-14-23-20-11-7-5-9-18(17)20/h4-11,14,23H,3,12-13,15H2,1-2H3,(H,24,26). The van der Waals surface area contributed by atoms with Crippen LogP contribution in [0.5, 0.6) is 0 Å². The summed E-state index contributed by atoms with van der Waals surface area (Å²) in [6.07, 6.45) is 3.81. The monoisotopic (exact) mass is 363 g/mol. The zero-order chi connectivity index (χ0) is 19.2. The minimum absolute atomic E-state index is 0.0424. The molecule has 2 N–H and O–H groups in total. The molecule has 140 valence electrons. The SMILES string of the molecule is CCc1ccccc1NC(=O)CN(C)C(=O)CCc1c[nH]c2ccccc12. The highest BCUT2D eigenvalue weighted by Crippen LogP contribution is 2.19. The molecule has 0 aliphatic carbocycles. The Morgan fingerprint density at radius 1 is 1.04 bits per heavy atom. The van der Waals surface area contributed by atoms with E-state index < -0.39 is 0 Å². The molecule has 1 heterocycles. The van der Waals surface area contributed by atoms with E-state index in [1.165, 1.54) is 4.90 Å². The molecule has 5 heteroatoms. The lowest BCUT2D eigenvalue weighted by atomic mass is 10.1. The highest BCUT2D eigenvalue weighted by Gasteiger charge is 2.15. The normalized spacial score (nSPS) is 10.7. The number of benzene rings is 2. The van der Waals surface area contributed by atoms with Gasteiger partial charge < -0.3 is 15.2 Å². The second-order valence-corrected chi connectivity index (χ2v) is 6.67. The Bertz CT molecular complexity index is 945. The molecule has 0 radical (unpaired) electrons. The van der Waals surface area contributed by atoms with Gasteiger partial charge in [-0.15, -0.1) is 0 Å². The van der Waals surface area contributed by atoms with Gasteiger partial charge in [-0.2, -0.15) is 0 Å². The number of aromatic amines is 1. The van der Waals surface area contributed by atoms with Gasteiger partial charge in [0.15, 0.2) is 0 Å². The van der Waals surface area contributed by atoms with Crippen LogP contribution in [0.1, 0.15) is 24.5 Å². The summed E-state index contributed by atoms with van der Waals surface area (Å²) >= 11 is 0. The summed E-state index contributed by atoms with van der Waals surface area (Å²) in [7, 11) is 1.67. The zero-order valence-corrected chi connectivity index (χ0v) is 15.8. The fourth-order valence-electron chi connectivity index (χ4n) is 3.21. The van der Waals surface area contributed by atoms with Crippen molar-refractivity contribution >= 4 is 28.4 Å². The van der Waals surface area contributed by atoms with Crippen molar-refractivity contribution in [2.24, 2.45) is 0 Å². The van der Waals surface area contributed by atoms with Crippen LogP contribution in [0.4, 0.5) is 5.69 Å². The van der Waals surface area contributed by atoms with E-state index in [2.05, 4.69) is 10.3 Å². The van der Waals surface area contributed by atoms with Crippen LogP contribution in [0, 0.1) is 0 Å². The van der Waals surface area contributed by atoms with Gasteiger partial charge >= 0.3 is 0 Å². The summed E-state index contributed by atoms with van der Waals surface area (Å²) in [6, 6.07) is 15.8. The van der Waals surface area contributed by atoms with Crippen molar-refractivity contribution in [3.63, 3.8) is 0 Å². The second-order valence-electron chi connectivity index (χ2n) is 6.67. The third kappa shape index (κ3) is 4.56. The first-order valence-electron chi connectivity index (χ1n) is 9.25. The summed E-state index contributed by atoms with van der Waals surface area (Å²) in [5.41, 5.74) is 4.08. The maximum atomic E-state index is 12.4. The first-order valence-corrected chi connectivity index (χ1v) is 9.25. The van der Waals surface area contributed by atoms with Crippen LogP contribution >= 0.6 is 0 Å². The summed E-state index contributed by atoms with van der Waals surface area (Å²) in [5, 5.41) is 4.04. The predicted octanol–water partition coefficient (Wildman–Crippen LogP) is 3.76. The highest BCUT2D eigenvalue weighted by molar-refractivity contribution is 5.95. The Morgan fingerprint density at radius 3 is 2.59 bits per heavy atom. The van der Waals surface area contributed by atoms with Crippen LogP contribution in [0.3, 0.4) is 0 Å². The van der Waals surface area contributed by atoms with Gasteiger partial charge in [0.05, 0.1) is 6.54 Å². The second kappa shape index (κ2) is 8.54. The number of likely N-dealkylation sites (N-methyl/N-ethyl adjacent to an activating group) is 1. The van der Waals surface area contributed by atoms with Crippen LogP contribution in [0.15, 0.2) is 54.7 Å². The summed E-state index contributed by atoms with van der Waals surface area (Å²) in [6.45, 7) is 2.09. The molecule has 1 aromatic heterocycles. The van der Waals surface area contributed by atoms with Gasteiger partial charge in [-0.3, -0.25) is 9.59 Å². The lowest BCUT2D eigenvalue weighted by molar-refractivity contribution is -0.133. The highest BCUT2D eigenvalue weighted by atomic mass is 16.2. The minimum atomic E-state index is -0.182. The van der Waals surface area contributed by atoms with Crippen LogP contribution in [-0.2, 0) is 22.4 Å². The van der Waals surface area contributed by atoms with E-state index >= 15 is 0 Å². The van der Waals surface area contributed by atoms with Crippen molar-refractivity contribution in [3.05, 3.63) is 65.9 Å². The van der Waals surface area contributed by atoms with Crippen molar-refractivity contribution < 1.29 is 9.59 Å². The number of aromatic nitrogens is 1. The average Bonchev–Trinajstić information content (AvgIpc) is 3.09. The van der Waals surface area contributed by atoms with E-state index in [0.717, 1.165) is 34.1 Å². The molecule has 2 aromatic carbocycles. The third-order valence-corrected chi connectivity index (χ3v) is 4.76. The molecule has 0 unspecified atom stereocenters. The number of aryl methyl sites for hydroxylation is 2. The fourth-order valence-corrected chi connectivity index (χ4v) is 3.21. The summed E-state index contributed by atoms with van der Waals surface area (Å²) < 4.78 is 0. The number of hydrogen-bond acceptors (Lipinski definition) is 2. The molecule has 5 nitrogen and oxygen atoms in total. The number of rotatable bonds is 7. The molecule has 0 spiro atoms. The number of nitrogens with one attached hydrogen (secondary N) is 2. The maximum Gasteiger partial charge on any atom is 0.243 e. The number of fused-ring (bicyclic) bond motifs is 1. The average molecular weight is 363 g/mol. The van der Waals surface area contributed by atoms with E-state index in [9.17, 15) is 9.59 Å². The lowest BCUT2D eigenvalue weighted by Crippen LogP contribution is -2.35. The van der Waals surface area contributed by atoms with Crippen molar-refractivity contribution in [3.8, 4) is 0 Å². The number of hydrogen-bond donors (Lipinski definition) is 2. The van der Waals surface area contributed by atoms with Crippen LogP contribution < -0.4 is 5.32 Å². The molecular formula is C22H25N3O2. The topological polar surface area (TPSA) is 65.2 Å². The van der Waals surface area contributed by atoms with E-state index in [1.54, 1.807) is 7.05 Å². The van der Waals surface area contributed by atoms with Crippen molar-refractivity contribution in [1.29, 1.82) is 0 Å². The van der Waals surface area contributed by atoms with Gasteiger partial charge in [0.25, 0.3) is 0 Å². The summed E-state index contributed by atoms with van der Waals surface area (Å²) in [5.74, 6) is -0.224. The van der Waals surface area contributed by atoms with Crippen LogP contribution in [0.2, 0.25) is 0 Å². The number of amides is 2. The smallest absolute Gasteiger partial charge is 0.243 e. The number of carbonyl (C=O) groups excluding carboxylic acids is 2. The molecule has 3 aromatic rings. The van der Waals surface area contributed by atoms with Crippen molar-refractivity contribution in [2.75, 3.05) is 18.9 Å². The first kappa shape index (κ1) is 18.7. The molecule has 3 rings (SSSR count). The first-order chi connectivity index (χ1) is 13.1. The molecule has 0 saturated heterocycles. The van der Waals surface area contributed by atoms with E-state index in [1.807, 2.05) is 61.7 Å². The molecule has 2 amide bonds. The van der Waals surface area contributed by atoms with Gasteiger partial charge in [-0.05, 0) is 36.1 Å². The molecule has 0 atom stereocenters. The Kier molecular flexibility index (Phi) is 5.91. The van der Waals surface area contributed by atoms with Gasteiger partial charge in [0, 0.05) is 36.3 Å². The number of para-hydroxylation sites is 2. The van der Waals surface area contributed by atoms with Crippen LogP contribution in [-0.4, -0.2) is 35.3 Å². The third-order valence-electron chi connectivity index (χ3n) is 4.76. The maximum absolute atomic E-state index is 12.4. The Balaban J connectivity index is 1.53. The van der Waals surface area contributed by atoms with Gasteiger partial charge in [0.2, 0.25) is 11.8 Å². The molecule has 0 saturated carbocycles. The number of carbonyl (C=O) groups is 2. The lowest BCUT2D eigenvalue weighted by Gasteiger charge is -2.17. The molecular weight excluding hydrogens is 338 g/mol. The molecule has 0 aliphatic rings. The molecule has 0 aliphatic heterocycles. The molecule has 0 fully saturated rings. The van der Waals surface area contributed by atoms with Crippen LogP contribution in [0.25, 0.3) is 10.9 Å². The number of H-pyrrole nitrogens is 1. The Labute approximate surface area is 159 Å². The van der Waals surface area contributed by atoms with E-state index in [-0.39, 0.29) is 18.4 Å². The largest absolute Gasteiger partial charge is 0.361 e. The fraction of sp³-hybridized carbons (Fsp3) is 0.273. The zero-order valence-electron chi connectivity index (χ0n) is 15.8. The predicted molar refractivity (Wildman–Crippen MR) is 109 cm³/mol. The quantitative estimate of drug-likeness (QED) is 0.671.